The summed E-state index contributed by atoms with van der Waals surface area (Å²) < 4.78 is 2.58. The smallest absolute Gasteiger partial charge is 0.252 e. The third kappa shape index (κ3) is 6.23. The normalized spacial score (nSPS) is 13.2. The fraction of sp³-hybridized carbons (Fsp3) is 0.123. The molecule has 6 heteroatoms. The van der Waals surface area contributed by atoms with Gasteiger partial charge in [-0.1, -0.05) is 199 Å². The number of benzene rings is 10. The maximum Gasteiger partial charge on any atom is 0.252 e. The second-order valence-corrected chi connectivity index (χ2v) is 21.6. The van der Waals surface area contributed by atoms with Gasteiger partial charge in [0.05, 0.1) is 11.0 Å². The van der Waals surface area contributed by atoms with Crippen LogP contribution in [0, 0.1) is 0 Å². The highest BCUT2D eigenvalue weighted by Gasteiger charge is 2.44. The van der Waals surface area contributed by atoms with E-state index in [1.54, 1.807) is 0 Å². The minimum atomic E-state index is -0.0940. The third-order valence-electron chi connectivity index (χ3n) is 15.3. The Balaban J connectivity index is 1.17. The minimum absolute atomic E-state index is 0.00143. The number of anilines is 3. The van der Waals surface area contributed by atoms with Gasteiger partial charge in [0, 0.05) is 55.6 Å². The van der Waals surface area contributed by atoms with Crippen molar-refractivity contribution in [2.24, 2.45) is 0 Å². The molecule has 14 rings (SSSR count). The zero-order valence-electron chi connectivity index (χ0n) is 40.8. The van der Waals surface area contributed by atoms with Gasteiger partial charge in [-0.05, 0) is 102 Å². The van der Waals surface area contributed by atoms with Crippen LogP contribution >= 0.6 is 0 Å². The molecule has 0 radical (unpaired) electrons. The Labute approximate surface area is 414 Å². The number of fused-ring (bicyclic) bond motifs is 14. The highest BCUT2D eigenvalue weighted by molar-refractivity contribution is 7.00. The van der Waals surface area contributed by atoms with Crippen LogP contribution in [0.4, 0.5) is 17.1 Å². The van der Waals surface area contributed by atoms with Crippen LogP contribution in [0.3, 0.4) is 0 Å². The van der Waals surface area contributed by atoms with Gasteiger partial charge >= 0.3 is 0 Å². The standard InChI is InChI=1S/C65H50BN5/c1-64(2,3)42-29-32-44(33-30-42)70-54-34-31-43(65(4,5)6)37-51(54)66-52-38-50-47-25-14-13-23-45(47)46-24-15-16-26-48(46)57(50)58-49-27-17-18-28-53(49)71(60(52)58)56-36-41(35-55(70)59(56)66)63-68-61(39-19-9-7-10-20-39)67-62(69-63)40-21-11-8-12-22-40/h7-38H,1-6H3. The van der Waals surface area contributed by atoms with E-state index in [2.05, 4.69) is 209 Å². The zero-order valence-corrected chi connectivity index (χ0v) is 40.8. The monoisotopic (exact) mass is 911 g/mol. The average Bonchev–Trinajstić information content (AvgIpc) is 3.75. The van der Waals surface area contributed by atoms with Gasteiger partial charge < -0.3 is 9.47 Å². The highest BCUT2D eigenvalue weighted by atomic mass is 15.2. The Morgan fingerprint density at radius 2 is 0.887 bits per heavy atom. The van der Waals surface area contributed by atoms with E-state index < -0.39 is 0 Å². The molecule has 338 valence electrons. The van der Waals surface area contributed by atoms with Crippen LogP contribution in [-0.4, -0.2) is 26.2 Å². The van der Waals surface area contributed by atoms with Crippen molar-refractivity contribution >= 4 is 94.3 Å². The quantitative estimate of drug-likeness (QED) is 0.130. The van der Waals surface area contributed by atoms with Gasteiger partial charge in [-0.25, -0.2) is 15.0 Å². The topological polar surface area (TPSA) is 46.8 Å². The Hall–Kier alpha value is -8.35. The van der Waals surface area contributed by atoms with Crippen molar-refractivity contribution in [3.63, 3.8) is 0 Å². The largest absolute Gasteiger partial charge is 0.311 e. The summed E-state index contributed by atoms with van der Waals surface area (Å²) in [6.07, 6.45) is 0. The summed E-state index contributed by atoms with van der Waals surface area (Å²) >= 11 is 0. The molecular weight excluding hydrogens is 862 g/mol. The van der Waals surface area contributed by atoms with E-state index in [0.29, 0.717) is 17.5 Å². The highest BCUT2D eigenvalue weighted by Crippen LogP contribution is 2.48. The molecule has 2 aliphatic rings. The van der Waals surface area contributed by atoms with Crippen LogP contribution in [0.5, 0.6) is 0 Å². The molecule has 0 saturated heterocycles. The lowest BCUT2D eigenvalue weighted by Crippen LogP contribution is -2.60. The van der Waals surface area contributed by atoms with Gasteiger partial charge in [0.1, 0.15) is 0 Å². The van der Waals surface area contributed by atoms with E-state index in [1.807, 2.05) is 36.4 Å². The van der Waals surface area contributed by atoms with Gasteiger partial charge in [0.25, 0.3) is 6.71 Å². The molecule has 71 heavy (non-hydrogen) atoms. The average molecular weight is 912 g/mol. The van der Waals surface area contributed by atoms with Gasteiger partial charge in [0.2, 0.25) is 0 Å². The maximum absolute atomic E-state index is 5.38. The molecule has 0 aliphatic carbocycles. The zero-order chi connectivity index (χ0) is 47.9. The summed E-state index contributed by atoms with van der Waals surface area (Å²) in [5.41, 5.74) is 16.2. The summed E-state index contributed by atoms with van der Waals surface area (Å²) in [6, 6.07) is 71.5. The van der Waals surface area contributed by atoms with E-state index in [0.717, 1.165) is 33.8 Å². The number of hydrogen-bond acceptors (Lipinski definition) is 4. The molecule has 4 heterocycles. The number of aromatic nitrogens is 4. The predicted octanol–water partition coefficient (Wildman–Crippen LogP) is 14.6. The number of para-hydroxylation sites is 1. The fourth-order valence-electron chi connectivity index (χ4n) is 11.9. The van der Waals surface area contributed by atoms with E-state index >= 15 is 0 Å². The molecule has 2 aromatic heterocycles. The molecule has 0 bridgehead atoms. The van der Waals surface area contributed by atoms with Crippen LogP contribution in [0.1, 0.15) is 52.7 Å². The van der Waals surface area contributed by atoms with Crippen molar-refractivity contribution in [2.75, 3.05) is 4.90 Å². The van der Waals surface area contributed by atoms with Crippen LogP contribution < -0.4 is 21.3 Å². The van der Waals surface area contributed by atoms with Gasteiger partial charge in [-0.3, -0.25) is 0 Å². The first kappa shape index (κ1) is 41.6. The second-order valence-electron chi connectivity index (χ2n) is 21.6. The Bertz CT molecular complexity index is 4120. The lowest BCUT2D eigenvalue weighted by atomic mass is 9.33. The molecule has 0 saturated carbocycles. The van der Waals surface area contributed by atoms with E-state index in [1.165, 1.54) is 87.3 Å². The molecule has 0 fully saturated rings. The first-order chi connectivity index (χ1) is 34.5. The Kier molecular flexibility index (Phi) is 8.84. The van der Waals surface area contributed by atoms with Crippen LogP contribution in [-0.2, 0) is 10.8 Å². The third-order valence-corrected chi connectivity index (χ3v) is 15.3. The fourth-order valence-corrected chi connectivity index (χ4v) is 11.9. The summed E-state index contributed by atoms with van der Waals surface area (Å²) in [7, 11) is 0. The van der Waals surface area contributed by atoms with Crippen molar-refractivity contribution in [3.8, 4) is 39.9 Å². The number of hydrogen-bond donors (Lipinski definition) is 0. The van der Waals surface area contributed by atoms with Crippen LogP contribution in [0.15, 0.2) is 194 Å². The SMILES string of the molecule is CC(C)(C)c1ccc(N2c3ccc(C(C)(C)C)cc3B3c4c2cc(-c2nc(-c5ccccc5)nc(-c5ccccc5)n2)cc4-n2c4ccccc4c4c5c6ccccc6c6ccccc6c5cc3c42)cc1. The van der Waals surface area contributed by atoms with E-state index in [9.17, 15) is 0 Å². The van der Waals surface area contributed by atoms with Gasteiger partial charge in [-0.2, -0.15) is 0 Å². The Morgan fingerprint density at radius 3 is 1.51 bits per heavy atom. The molecule has 0 unspecified atom stereocenters. The van der Waals surface area contributed by atoms with Crippen molar-refractivity contribution in [3.05, 3.63) is 205 Å². The van der Waals surface area contributed by atoms with Crippen LogP contribution in [0.2, 0.25) is 0 Å². The molecule has 0 spiro atoms. The number of nitrogens with zero attached hydrogens (tertiary/aromatic N) is 5. The number of rotatable bonds is 4. The summed E-state index contributed by atoms with van der Waals surface area (Å²) in [5.74, 6) is 1.90. The lowest BCUT2D eigenvalue weighted by Gasteiger charge is -2.41. The predicted molar refractivity (Wildman–Crippen MR) is 300 cm³/mol. The van der Waals surface area contributed by atoms with Crippen LogP contribution in [0.25, 0.3) is 94.0 Å². The lowest BCUT2D eigenvalue weighted by molar-refractivity contribution is 0.590. The summed E-state index contributed by atoms with van der Waals surface area (Å²) in [6.45, 7) is 13.8. The molecule has 2 aliphatic heterocycles. The first-order valence-electron chi connectivity index (χ1n) is 24.9. The molecule has 12 aromatic rings. The molecule has 5 nitrogen and oxygen atoms in total. The maximum atomic E-state index is 5.38. The minimum Gasteiger partial charge on any atom is -0.311 e. The molecular formula is C65H50BN5. The van der Waals surface area contributed by atoms with Crippen molar-refractivity contribution in [1.29, 1.82) is 0 Å². The van der Waals surface area contributed by atoms with Crippen molar-refractivity contribution in [1.82, 2.24) is 19.5 Å². The van der Waals surface area contributed by atoms with Gasteiger partial charge in [0.15, 0.2) is 17.5 Å². The van der Waals surface area contributed by atoms with Gasteiger partial charge in [-0.15, -0.1) is 0 Å². The Morgan fingerprint density at radius 1 is 0.380 bits per heavy atom. The van der Waals surface area contributed by atoms with E-state index in [4.69, 9.17) is 15.0 Å². The van der Waals surface area contributed by atoms with E-state index in [-0.39, 0.29) is 17.5 Å². The molecule has 0 N–H and O–H groups in total. The molecule has 10 aromatic carbocycles. The summed E-state index contributed by atoms with van der Waals surface area (Å²) in [5, 5.41) is 10.2. The van der Waals surface area contributed by atoms with Crippen molar-refractivity contribution in [2.45, 2.75) is 52.4 Å². The molecule has 0 atom stereocenters. The second kappa shape index (κ2) is 15.1. The molecule has 0 amide bonds. The first-order valence-corrected chi connectivity index (χ1v) is 24.9. The summed E-state index contributed by atoms with van der Waals surface area (Å²) in [4.78, 5) is 18.4. The van der Waals surface area contributed by atoms with Crippen molar-refractivity contribution < 1.29 is 0 Å².